The molecule has 0 fully saturated rings. The van der Waals surface area contributed by atoms with Gasteiger partial charge in [-0.1, -0.05) is 0 Å². The Morgan fingerprint density at radius 1 is 1.69 bits per heavy atom. The van der Waals surface area contributed by atoms with Crippen LogP contribution in [-0.2, 0) is 8.98 Å². The number of nitrogens with one attached hydrogen (secondary N) is 1. The molecule has 0 heterocycles. The largest absolute Gasteiger partial charge is 0.393 e. The predicted octanol–water partition coefficient (Wildman–Crippen LogP) is 1.10. The highest BCUT2D eigenvalue weighted by Crippen LogP contribution is 2.02. The standard InChI is InChI=1S/C6H13NO2S2.H2OS/c1-7-5(3-4-11-2)6(8)9-10;1-2/h5,7,10H,3-4H2,1-2H3;1-2H/t5-;/m0./s1. The van der Waals surface area contributed by atoms with Gasteiger partial charge in [0.2, 0.25) is 0 Å². The lowest BCUT2D eigenvalue weighted by Gasteiger charge is -2.10. The molecule has 0 saturated heterocycles. The molecule has 2 N–H and O–H groups in total. The summed E-state index contributed by atoms with van der Waals surface area (Å²) in [5, 5.41) is 2.85. The molecule has 0 bridgehead atoms. The van der Waals surface area contributed by atoms with Crippen molar-refractivity contribution < 1.29 is 13.5 Å². The summed E-state index contributed by atoms with van der Waals surface area (Å²) in [6.07, 6.45) is 2.77. The summed E-state index contributed by atoms with van der Waals surface area (Å²) in [6.45, 7) is 0. The van der Waals surface area contributed by atoms with E-state index in [0.29, 0.717) is 0 Å². The summed E-state index contributed by atoms with van der Waals surface area (Å²) in [5.74, 6) is 0.624. The molecule has 0 amide bonds. The molecule has 0 aliphatic carbocycles. The van der Waals surface area contributed by atoms with Crippen LogP contribution in [0.25, 0.3) is 0 Å². The Bertz CT molecular complexity index is 126. The number of likely N-dealkylation sites (N-methyl/N-ethyl adjacent to an activating group) is 1. The first-order valence-electron chi connectivity index (χ1n) is 3.47. The molecule has 0 rings (SSSR count). The van der Waals surface area contributed by atoms with Crippen LogP contribution >= 0.6 is 37.6 Å². The zero-order valence-corrected chi connectivity index (χ0v) is 10.2. The predicted molar refractivity (Wildman–Crippen MR) is 62.5 cm³/mol. The fourth-order valence-electron chi connectivity index (χ4n) is 0.679. The molecule has 4 nitrogen and oxygen atoms in total. The maximum atomic E-state index is 10.9. The summed E-state index contributed by atoms with van der Waals surface area (Å²) in [4.78, 5) is 10.9. The topological polar surface area (TPSA) is 58.6 Å². The summed E-state index contributed by atoms with van der Waals surface area (Å²) >= 11 is 7.66. The van der Waals surface area contributed by atoms with Gasteiger partial charge in [0.25, 0.3) is 0 Å². The van der Waals surface area contributed by atoms with Crippen molar-refractivity contribution in [3.63, 3.8) is 0 Å². The van der Waals surface area contributed by atoms with E-state index in [1.165, 1.54) is 0 Å². The minimum atomic E-state index is -0.315. The van der Waals surface area contributed by atoms with Gasteiger partial charge in [0.15, 0.2) is 0 Å². The molecule has 0 aromatic carbocycles. The number of carbonyl (C=O) groups excluding carboxylic acids is 1. The molecule has 13 heavy (non-hydrogen) atoms. The van der Waals surface area contributed by atoms with Crippen LogP contribution in [0, 0.1) is 0 Å². The van der Waals surface area contributed by atoms with E-state index < -0.39 is 0 Å². The van der Waals surface area contributed by atoms with Crippen LogP contribution in [0.15, 0.2) is 0 Å². The van der Waals surface area contributed by atoms with Crippen LogP contribution in [0.5, 0.6) is 0 Å². The fraction of sp³-hybridized carbons (Fsp3) is 0.833. The van der Waals surface area contributed by atoms with Gasteiger partial charge in [0.1, 0.15) is 6.04 Å². The Kier molecular flexibility index (Phi) is 15.2. The van der Waals surface area contributed by atoms with Crippen LogP contribution in [-0.4, -0.2) is 35.6 Å². The van der Waals surface area contributed by atoms with Crippen molar-refractivity contribution in [1.29, 1.82) is 0 Å². The Morgan fingerprint density at radius 3 is 2.54 bits per heavy atom. The second-order valence-corrected chi connectivity index (χ2v) is 3.20. The Balaban J connectivity index is 0. The number of rotatable bonds is 5. The van der Waals surface area contributed by atoms with E-state index in [1.54, 1.807) is 18.8 Å². The number of thiol groups is 2. The molecule has 80 valence electrons. The first-order chi connectivity index (χ1) is 6.26. The Morgan fingerprint density at radius 2 is 2.23 bits per heavy atom. The van der Waals surface area contributed by atoms with E-state index in [9.17, 15) is 4.79 Å². The van der Waals surface area contributed by atoms with Crippen molar-refractivity contribution in [1.82, 2.24) is 5.32 Å². The molecule has 0 saturated carbocycles. The van der Waals surface area contributed by atoms with Crippen molar-refractivity contribution in [3.05, 3.63) is 0 Å². The van der Waals surface area contributed by atoms with Gasteiger partial charge < -0.3 is 14.1 Å². The van der Waals surface area contributed by atoms with Crippen molar-refractivity contribution >= 4 is 43.6 Å². The van der Waals surface area contributed by atoms with Crippen molar-refractivity contribution in [2.24, 2.45) is 0 Å². The van der Waals surface area contributed by atoms with Crippen molar-refractivity contribution in [2.45, 2.75) is 12.5 Å². The lowest BCUT2D eigenvalue weighted by Crippen LogP contribution is -2.34. The average Bonchev–Trinajstić information content (AvgIpc) is 2.21. The summed E-state index contributed by atoms with van der Waals surface area (Å²) in [6, 6.07) is -0.222. The van der Waals surface area contributed by atoms with Crippen LogP contribution in [0.2, 0.25) is 0 Å². The van der Waals surface area contributed by atoms with Gasteiger partial charge in [0.05, 0.1) is 0 Å². The lowest BCUT2D eigenvalue weighted by molar-refractivity contribution is -0.135. The monoisotopic (exact) mass is 245 g/mol. The van der Waals surface area contributed by atoms with E-state index in [2.05, 4.69) is 35.3 Å². The zero-order valence-electron chi connectivity index (χ0n) is 7.56. The van der Waals surface area contributed by atoms with Gasteiger partial charge in [-0.15, -0.1) is 0 Å². The number of carbonyl (C=O) groups is 1. The minimum Gasteiger partial charge on any atom is -0.393 e. The zero-order chi connectivity index (χ0) is 10.7. The van der Waals surface area contributed by atoms with E-state index in [4.69, 9.17) is 4.55 Å². The third-order valence-electron chi connectivity index (χ3n) is 1.33. The summed E-state index contributed by atoms with van der Waals surface area (Å²) < 4.78 is 11.0. The molecule has 0 unspecified atom stereocenters. The minimum absolute atomic E-state index is 0.222. The average molecular weight is 245 g/mol. The maximum Gasteiger partial charge on any atom is 0.334 e. The van der Waals surface area contributed by atoms with Gasteiger partial charge >= 0.3 is 5.97 Å². The molecule has 1 atom stereocenters. The Labute approximate surface area is 94.0 Å². The van der Waals surface area contributed by atoms with E-state index in [1.807, 2.05) is 6.26 Å². The van der Waals surface area contributed by atoms with Gasteiger partial charge in [-0.3, -0.25) is 0 Å². The fourth-order valence-corrected chi connectivity index (χ4v) is 1.28. The van der Waals surface area contributed by atoms with E-state index >= 15 is 0 Å². The van der Waals surface area contributed by atoms with E-state index in [-0.39, 0.29) is 12.0 Å². The molecule has 0 aromatic rings. The third kappa shape index (κ3) is 8.76. The SMILES string of the molecule is CN[C@@H](CCSC)C(=O)OS.OS. The van der Waals surface area contributed by atoms with Crippen LogP contribution < -0.4 is 5.32 Å². The highest BCUT2D eigenvalue weighted by molar-refractivity contribution is 7.98. The van der Waals surface area contributed by atoms with Crippen LogP contribution in [0.1, 0.15) is 6.42 Å². The summed E-state index contributed by atoms with van der Waals surface area (Å²) in [7, 11) is 1.73. The van der Waals surface area contributed by atoms with Gasteiger partial charge in [-0.05, 0) is 38.4 Å². The number of hydrogen-bond acceptors (Lipinski definition) is 7. The van der Waals surface area contributed by atoms with Crippen LogP contribution in [0.3, 0.4) is 0 Å². The smallest absolute Gasteiger partial charge is 0.334 e. The summed E-state index contributed by atoms with van der Waals surface area (Å²) in [5.41, 5.74) is 0. The van der Waals surface area contributed by atoms with Gasteiger partial charge in [0, 0.05) is 12.9 Å². The maximum absolute atomic E-state index is 10.9. The molecule has 0 aromatic heterocycles. The quantitative estimate of drug-likeness (QED) is 0.432. The lowest BCUT2D eigenvalue weighted by atomic mass is 10.2. The third-order valence-corrected chi connectivity index (χ3v) is 2.16. The molecule has 0 spiro atoms. The first-order valence-corrected chi connectivity index (χ1v) is 5.63. The van der Waals surface area contributed by atoms with Crippen molar-refractivity contribution in [2.75, 3.05) is 19.1 Å². The number of thioether (sulfide) groups is 1. The molecular formula is C6H15NO3S3. The Hall–Kier alpha value is 0.440. The molecular weight excluding hydrogens is 230 g/mol. The van der Waals surface area contributed by atoms with Crippen molar-refractivity contribution in [3.8, 4) is 0 Å². The van der Waals surface area contributed by atoms with E-state index in [0.717, 1.165) is 12.2 Å². The highest BCUT2D eigenvalue weighted by atomic mass is 32.2. The van der Waals surface area contributed by atoms with Gasteiger partial charge in [-0.2, -0.15) is 11.8 Å². The second kappa shape index (κ2) is 12.4. The van der Waals surface area contributed by atoms with Gasteiger partial charge in [-0.25, -0.2) is 4.79 Å². The normalized spacial score (nSPS) is 11.2. The second-order valence-electron chi connectivity index (χ2n) is 2.03. The number of hydrogen-bond donors (Lipinski definition) is 4. The molecule has 0 radical (unpaired) electrons. The molecule has 0 aliphatic rings. The highest BCUT2D eigenvalue weighted by Gasteiger charge is 2.15. The first kappa shape index (κ1) is 15.9. The molecule has 7 heteroatoms. The molecule has 0 aliphatic heterocycles. The van der Waals surface area contributed by atoms with Crippen LogP contribution in [0.4, 0.5) is 0 Å².